The topological polar surface area (TPSA) is 79.7 Å². The average molecular weight is 255 g/mol. The zero-order valence-corrected chi connectivity index (χ0v) is 11.1. The quantitative estimate of drug-likeness (QED) is 0.817. The van der Waals surface area contributed by atoms with E-state index in [1.807, 2.05) is 38.2 Å². The molecule has 2 aromatic rings. The lowest BCUT2D eigenvalue weighted by Crippen LogP contribution is -2.09. The lowest BCUT2D eigenvalue weighted by molar-refractivity contribution is 0.757. The molecule has 0 bridgehead atoms. The van der Waals surface area contributed by atoms with Crippen molar-refractivity contribution in [2.45, 2.75) is 13.3 Å². The summed E-state index contributed by atoms with van der Waals surface area (Å²) in [5, 5.41) is 16.6. The van der Waals surface area contributed by atoms with E-state index in [4.69, 9.17) is 11.0 Å². The molecule has 1 heterocycles. The molecule has 0 saturated carbocycles. The Morgan fingerprint density at radius 1 is 1.37 bits per heavy atom. The molecule has 1 aromatic carbocycles. The minimum absolute atomic E-state index is 0.611. The molecule has 98 valence electrons. The van der Waals surface area contributed by atoms with Gasteiger partial charge in [-0.3, -0.25) is 4.68 Å². The van der Waals surface area contributed by atoms with Crippen LogP contribution in [0, 0.1) is 18.3 Å². The van der Waals surface area contributed by atoms with E-state index in [0.717, 1.165) is 30.2 Å². The number of aryl methyl sites for hydroxylation is 2. The van der Waals surface area contributed by atoms with Crippen molar-refractivity contribution < 1.29 is 0 Å². The van der Waals surface area contributed by atoms with Crippen LogP contribution in [-0.4, -0.2) is 16.3 Å². The van der Waals surface area contributed by atoms with Crippen molar-refractivity contribution in [3.63, 3.8) is 0 Å². The third-order valence-corrected chi connectivity index (χ3v) is 3.02. The van der Waals surface area contributed by atoms with Gasteiger partial charge in [0.15, 0.2) is 0 Å². The van der Waals surface area contributed by atoms with Gasteiger partial charge in [0.05, 0.1) is 5.69 Å². The van der Waals surface area contributed by atoms with Crippen LogP contribution >= 0.6 is 0 Å². The van der Waals surface area contributed by atoms with Crippen LogP contribution in [0.15, 0.2) is 24.3 Å². The van der Waals surface area contributed by atoms with Crippen LogP contribution in [0.2, 0.25) is 0 Å². The van der Waals surface area contributed by atoms with Gasteiger partial charge in [0.25, 0.3) is 0 Å². The first-order valence-electron chi connectivity index (χ1n) is 6.14. The fraction of sp³-hybridized carbons (Fsp3) is 0.286. The first-order chi connectivity index (χ1) is 9.11. The Kier molecular flexibility index (Phi) is 3.71. The Morgan fingerprint density at radius 2 is 2.05 bits per heavy atom. The number of nitriles is 1. The number of aromatic nitrogens is 2. The number of hydrogen-bond donors (Lipinski definition) is 2. The van der Waals surface area contributed by atoms with Gasteiger partial charge in [-0.05, 0) is 31.0 Å². The maximum atomic E-state index is 9.10. The second-order valence-corrected chi connectivity index (χ2v) is 4.46. The number of nitrogens with zero attached hydrogens (tertiary/aromatic N) is 3. The summed E-state index contributed by atoms with van der Waals surface area (Å²) in [6.07, 6.45) is 0.870. The lowest BCUT2D eigenvalue weighted by atomic mass is 10.1. The molecule has 0 saturated heterocycles. The molecule has 0 aliphatic rings. The molecule has 5 nitrogen and oxygen atoms in total. The summed E-state index contributed by atoms with van der Waals surface area (Å²) in [5.41, 5.74) is 8.98. The Hall–Kier alpha value is -2.48. The summed E-state index contributed by atoms with van der Waals surface area (Å²) < 4.78 is 1.71. The number of benzene rings is 1. The minimum atomic E-state index is 0.611. The van der Waals surface area contributed by atoms with Gasteiger partial charge in [-0.25, -0.2) is 0 Å². The molecule has 0 fully saturated rings. The van der Waals surface area contributed by atoms with Crippen LogP contribution in [0.3, 0.4) is 0 Å². The van der Waals surface area contributed by atoms with E-state index in [9.17, 15) is 0 Å². The molecule has 0 radical (unpaired) electrons. The Balaban J connectivity index is 2.00. The summed E-state index contributed by atoms with van der Waals surface area (Å²) >= 11 is 0. The van der Waals surface area contributed by atoms with E-state index in [-0.39, 0.29) is 0 Å². The maximum absolute atomic E-state index is 9.10. The van der Waals surface area contributed by atoms with Crippen LogP contribution in [-0.2, 0) is 13.5 Å². The van der Waals surface area contributed by atoms with E-state index < -0.39 is 0 Å². The molecule has 0 unspecified atom stereocenters. The van der Waals surface area contributed by atoms with Crippen molar-refractivity contribution in [1.29, 1.82) is 5.26 Å². The first kappa shape index (κ1) is 13.0. The molecule has 1 aromatic heterocycles. The fourth-order valence-corrected chi connectivity index (χ4v) is 2.00. The van der Waals surface area contributed by atoms with E-state index in [1.165, 1.54) is 5.56 Å². The molecular formula is C14H17N5. The van der Waals surface area contributed by atoms with Crippen molar-refractivity contribution in [1.82, 2.24) is 9.78 Å². The first-order valence-corrected chi connectivity index (χ1v) is 6.14. The number of rotatable bonds is 4. The molecule has 0 atom stereocenters. The molecule has 0 spiro atoms. The predicted molar refractivity (Wildman–Crippen MR) is 75.7 cm³/mol. The third-order valence-electron chi connectivity index (χ3n) is 3.02. The van der Waals surface area contributed by atoms with Gasteiger partial charge < -0.3 is 11.1 Å². The molecule has 0 amide bonds. The molecule has 19 heavy (non-hydrogen) atoms. The van der Waals surface area contributed by atoms with Gasteiger partial charge in [0, 0.05) is 19.3 Å². The zero-order chi connectivity index (χ0) is 13.8. The van der Waals surface area contributed by atoms with Gasteiger partial charge in [0.1, 0.15) is 17.5 Å². The average Bonchev–Trinajstić information content (AvgIpc) is 2.66. The fourth-order valence-electron chi connectivity index (χ4n) is 2.00. The number of hydrogen-bond acceptors (Lipinski definition) is 4. The molecule has 5 heteroatoms. The second kappa shape index (κ2) is 5.44. The van der Waals surface area contributed by atoms with Crippen molar-refractivity contribution in [3.05, 3.63) is 41.1 Å². The number of nitrogens with one attached hydrogen (secondary N) is 1. The van der Waals surface area contributed by atoms with Gasteiger partial charge >= 0.3 is 0 Å². The van der Waals surface area contributed by atoms with Crippen LogP contribution in [0.5, 0.6) is 0 Å². The molecule has 0 aliphatic carbocycles. The highest BCUT2D eigenvalue weighted by Gasteiger charge is 2.11. The Bertz CT molecular complexity index is 604. The van der Waals surface area contributed by atoms with Gasteiger partial charge in [0.2, 0.25) is 0 Å². The summed E-state index contributed by atoms with van der Waals surface area (Å²) in [4.78, 5) is 0. The van der Waals surface area contributed by atoms with Crippen LogP contribution in [0.4, 0.5) is 11.5 Å². The number of anilines is 2. The van der Waals surface area contributed by atoms with E-state index >= 15 is 0 Å². The van der Waals surface area contributed by atoms with Crippen molar-refractivity contribution in [3.8, 4) is 6.07 Å². The van der Waals surface area contributed by atoms with Crippen molar-refractivity contribution >= 4 is 11.5 Å². The monoisotopic (exact) mass is 255 g/mol. The SMILES string of the molecule is Cc1nn(C)c(NCCc2ccc(N)cc2)c1C#N. The molecule has 0 aliphatic heterocycles. The lowest BCUT2D eigenvalue weighted by Gasteiger charge is -2.07. The van der Waals surface area contributed by atoms with E-state index in [1.54, 1.807) is 4.68 Å². The summed E-state index contributed by atoms with van der Waals surface area (Å²) in [6, 6.07) is 9.99. The Labute approximate surface area is 112 Å². The predicted octanol–water partition coefficient (Wildman–Crippen LogP) is 1.84. The highest BCUT2D eigenvalue weighted by atomic mass is 15.3. The number of nitrogen functional groups attached to an aromatic ring is 1. The smallest absolute Gasteiger partial charge is 0.142 e. The molecular weight excluding hydrogens is 238 g/mol. The van der Waals surface area contributed by atoms with Gasteiger partial charge in [-0.1, -0.05) is 12.1 Å². The summed E-state index contributed by atoms with van der Waals surface area (Å²) in [5.74, 6) is 0.774. The minimum Gasteiger partial charge on any atom is -0.399 e. The second-order valence-electron chi connectivity index (χ2n) is 4.46. The highest BCUT2D eigenvalue weighted by Crippen LogP contribution is 2.17. The summed E-state index contributed by atoms with van der Waals surface area (Å²) in [6.45, 7) is 2.58. The summed E-state index contributed by atoms with van der Waals surface area (Å²) in [7, 11) is 1.83. The van der Waals surface area contributed by atoms with Crippen molar-refractivity contribution in [2.24, 2.45) is 7.05 Å². The van der Waals surface area contributed by atoms with Gasteiger partial charge in [-0.15, -0.1) is 0 Å². The van der Waals surface area contributed by atoms with Crippen LogP contribution in [0.25, 0.3) is 0 Å². The highest BCUT2D eigenvalue weighted by molar-refractivity contribution is 5.55. The third kappa shape index (κ3) is 2.86. The molecule has 2 rings (SSSR count). The zero-order valence-electron chi connectivity index (χ0n) is 11.1. The normalized spacial score (nSPS) is 10.2. The van der Waals surface area contributed by atoms with Crippen molar-refractivity contribution in [2.75, 3.05) is 17.6 Å². The van der Waals surface area contributed by atoms with E-state index in [2.05, 4.69) is 16.5 Å². The number of nitrogens with two attached hydrogens (primary N) is 1. The molecule has 3 N–H and O–H groups in total. The Morgan fingerprint density at radius 3 is 2.68 bits per heavy atom. The largest absolute Gasteiger partial charge is 0.399 e. The van der Waals surface area contributed by atoms with Crippen LogP contribution < -0.4 is 11.1 Å². The van der Waals surface area contributed by atoms with E-state index in [0.29, 0.717) is 5.56 Å². The van der Waals surface area contributed by atoms with Gasteiger partial charge in [-0.2, -0.15) is 10.4 Å². The standard InChI is InChI=1S/C14H17N5/c1-10-13(9-15)14(19(2)18-10)17-8-7-11-3-5-12(16)6-4-11/h3-6,17H,7-8,16H2,1-2H3. The van der Waals surface area contributed by atoms with Crippen LogP contribution in [0.1, 0.15) is 16.8 Å². The maximum Gasteiger partial charge on any atom is 0.142 e.